The van der Waals surface area contributed by atoms with Gasteiger partial charge in [-0.1, -0.05) is 57.0 Å². The summed E-state index contributed by atoms with van der Waals surface area (Å²) >= 11 is 1.37. The van der Waals surface area contributed by atoms with Gasteiger partial charge in [-0.05, 0) is 49.3 Å². The summed E-state index contributed by atoms with van der Waals surface area (Å²) in [6.45, 7) is 5.64. The molecule has 9 nitrogen and oxygen atoms in total. The van der Waals surface area contributed by atoms with E-state index in [4.69, 9.17) is 0 Å². The Hall–Kier alpha value is -3.53. The minimum Gasteiger partial charge on any atom is -0.342 e. The number of carbonyl (C=O) groups is 5. The van der Waals surface area contributed by atoms with Gasteiger partial charge < -0.3 is 20.4 Å². The molecule has 1 saturated carbocycles. The van der Waals surface area contributed by atoms with E-state index in [9.17, 15) is 24.0 Å². The van der Waals surface area contributed by atoms with Crippen molar-refractivity contribution < 1.29 is 24.0 Å². The Balaban J connectivity index is 1.31. The molecule has 3 unspecified atom stereocenters. The highest BCUT2D eigenvalue weighted by molar-refractivity contribution is 7.17. The third kappa shape index (κ3) is 5.80. The maximum absolute atomic E-state index is 13.9. The van der Waals surface area contributed by atoms with Crippen LogP contribution in [0, 0.1) is 5.92 Å². The summed E-state index contributed by atoms with van der Waals surface area (Å²) in [6, 6.07) is 11.5. The van der Waals surface area contributed by atoms with Crippen molar-refractivity contribution in [1.29, 1.82) is 0 Å². The van der Waals surface area contributed by atoms with Crippen LogP contribution in [0.3, 0.4) is 0 Å². The largest absolute Gasteiger partial charge is 0.342 e. The van der Waals surface area contributed by atoms with Crippen LogP contribution < -0.4 is 10.6 Å². The number of rotatable bonds is 8. The molecule has 3 atom stereocenters. The number of carbonyl (C=O) groups excluding carboxylic acids is 5. The molecule has 3 heterocycles. The molecule has 1 aromatic heterocycles. The van der Waals surface area contributed by atoms with Crippen molar-refractivity contribution in [2.24, 2.45) is 5.92 Å². The van der Waals surface area contributed by atoms with Crippen molar-refractivity contribution in [2.75, 3.05) is 13.1 Å². The minimum absolute atomic E-state index is 0.0715. The first-order valence-corrected chi connectivity index (χ1v) is 15.3. The lowest BCUT2D eigenvalue weighted by Gasteiger charge is -2.35. The molecule has 5 rings (SSSR count). The van der Waals surface area contributed by atoms with Crippen molar-refractivity contribution in [3.63, 3.8) is 0 Å². The molecule has 218 valence electrons. The van der Waals surface area contributed by atoms with Gasteiger partial charge in [0.1, 0.15) is 17.6 Å². The topological polar surface area (TPSA) is 116 Å². The molecule has 4 amide bonds. The van der Waals surface area contributed by atoms with E-state index in [1.165, 1.54) is 18.3 Å². The Morgan fingerprint density at radius 3 is 2.39 bits per heavy atom. The summed E-state index contributed by atoms with van der Waals surface area (Å²) in [5.74, 6) is -1.15. The maximum atomic E-state index is 13.9. The smallest absolute Gasteiger partial charge is 0.262 e. The van der Waals surface area contributed by atoms with Crippen LogP contribution in [-0.2, 0) is 19.2 Å². The fraction of sp³-hybridized carbons (Fsp3) is 0.516. The van der Waals surface area contributed by atoms with E-state index in [0.717, 1.165) is 23.3 Å². The predicted molar refractivity (Wildman–Crippen MR) is 156 cm³/mol. The molecule has 2 aliphatic heterocycles. The van der Waals surface area contributed by atoms with E-state index in [0.29, 0.717) is 37.1 Å². The SMILES string of the molecule is CC(=O)NC1(C(=O)N2CC(=O)C3C2CCN3C(=O)C(CC(C)C)NC(=O)c2ccc(-c3ccccc3)s2)CCCC1. The van der Waals surface area contributed by atoms with Crippen LogP contribution in [-0.4, -0.2) is 76.0 Å². The number of amides is 4. The van der Waals surface area contributed by atoms with Crippen LogP contribution >= 0.6 is 11.3 Å². The zero-order chi connectivity index (χ0) is 29.3. The van der Waals surface area contributed by atoms with Crippen molar-refractivity contribution >= 4 is 40.7 Å². The van der Waals surface area contributed by atoms with Crippen LogP contribution in [0.15, 0.2) is 42.5 Å². The van der Waals surface area contributed by atoms with Gasteiger partial charge in [0.15, 0.2) is 5.78 Å². The van der Waals surface area contributed by atoms with Gasteiger partial charge in [0.2, 0.25) is 17.7 Å². The number of hydrogen-bond acceptors (Lipinski definition) is 6. The third-order valence-electron chi connectivity index (χ3n) is 8.45. The molecular weight excluding hydrogens is 540 g/mol. The van der Waals surface area contributed by atoms with Crippen LogP contribution in [0.4, 0.5) is 0 Å². The average Bonchev–Trinajstić information content (AvgIpc) is 3.73. The first-order valence-electron chi connectivity index (χ1n) is 14.5. The summed E-state index contributed by atoms with van der Waals surface area (Å²) < 4.78 is 0. The van der Waals surface area contributed by atoms with Gasteiger partial charge in [-0.3, -0.25) is 24.0 Å². The second-order valence-electron chi connectivity index (χ2n) is 11.9. The van der Waals surface area contributed by atoms with E-state index in [1.807, 2.05) is 50.2 Å². The normalized spacial score (nSPS) is 22.1. The van der Waals surface area contributed by atoms with Gasteiger partial charge in [-0.2, -0.15) is 0 Å². The number of nitrogens with zero attached hydrogens (tertiary/aromatic N) is 2. The highest BCUT2D eigenvalue weighted by atomic mass is 32.1. The number of ketones is 1. The molecule has 3 fully saturated rings. The molecule has 41 heavy (non-hydrogen) atoms. The van der Waals surface area contributed by atoms with Gasteiger partial charge in [0, 0.05) is 18.3 Å². The summed E-state index contributed by atoms with van der Waals surface area (Å²) in [4.78, 5) is 70.8. The highest BCUT2D eigenvalue weighted by Crippen LogP contribution is 2.37. The molecule has 3 aliphatic rings. The van der Waals surface area contributed by atoms with E-state index in [-0.39, 0.29) is 41.9 Å². The molecule has 1 aromatic carbocycles. The minimum atomic E-state index is -0.980. The summed E-state index contributed by atoms with van der Waals surface area (Å²) in [6.07, 6.45) is 3.68. The number of likely N-dealkylation sites (tertiary alicyclic amines) is 2. The Morgan fingerprint density at radius 1 is 1.02 bits per heavy atom. The molecule has 10 heteroatoms. The van der Waals surface area contributed by atoms with E-state index < -0.39 is 23.7 Å². The number of Topliss-reactive ketones (excluding diaryl/α,β-unsaturated/α-hetero) is 1. The first-order chi connectivity index (χ1) is 19.6. The van der Waals surface area contributed by atoms with Crippen molar-refractivity contribution in [3.05, 3.63) is 47.3 Å². The summed E-state index contributed by atoms with van der Waals surface area (Å²) in [5, 5.41) is 5.83. The number of hydrogen-bond donors (Lipinski definition) is 2. The van der Waals surface area contributed by atoms with Crippen molar-refractivity contribution in [3.8, 4) is 10.4 Å². The van der Waals surface area contributed by atoms with Gasteiger partial charge in [0.25, 0.3) is 5.91 Å². The zero-order valence-corrected chi connectivity index (χ0v) is 24.7. The number of thiophene rings is 1. The lowest BCUT2D eigenvalue weighted by Crippen LogP contribution is -2.59. The number of benzene rings is 1. The van der Waals surface area contributed by atoms with Gasteiger partial charge in [-0.25, -0.2) is 0 Å². The predicted octanol–water partition coefficient (Wildman–Crippen LogP) is 3.39. The van der Waals surface area contributed by atoms with E-state index in [2.05, 4.69) is 10.6 Å². The molecule has 1 aliphatic carbocycles. The molecule has 2 aromatic rings. The molecular formula is C31H38N4O5S. The first kappa shape index (κ1) is 29.0. The average molecular weight is 579 g/mol. The highest BCUT2D eigenvalue weighted by Gasteiger charge is 2.56. The Morgan fingerprint density at radius 2 is 1.73 bits per heavy atom. The molecule has 0 radical (unpaired) electrons. The molecule has 0 spiro atoms. The molecule has 0 bridgehead atoms. The van der Waals surface area contributed by atoms with Gasteiger partial charge in [0.05, 0.1) is 17.5 Å². The van der Waals surface area contributed by atoms with Crippen molar-refractivity contribution in [2.45, 2.75) is 83.0 Å². The van der Waals surface area contributed by atoms with Crippen LogP contribution in [0.25, 0.3) is 10.4 Å². The number of fused-ring (bicyclic) bond motifs is 1. The Bertz CT molecular complexity index is 1330. The second-order valence-corrected chi connectivity index (χ2v) is 13.0. The lowest BCUT2D eigenvalue weighted by atomic mass is 9.94. The fourth-order valence-corrected chi connectivity index (χ4v) is 7.58. The Kier molecular flexibility index (Phi) is 8.31. The van der Waals surface area contributed by atoms with Gasteiger partial charge >= 0.3 is 0 Å². The molecule has 2 N–H and O–H groups in total. The summed E-state index contributed by atoms with van der Waals surface area (Å²) in [7, 11) is 0. The summed E-state index contributed by atoms with van der Waals surface area (Å²) in [5.41, 5.74) is 0.0394. The fourth-order valence-electron chi connectivity index (χ4n) is 6.66. The maximum Gasteiger partial charge on any atom is 0.262 e. The van der Waals surface area contributed by atoms with E-state index >= 15 is 0 Å². The standard InChI is InChI=1S/C31H38N4O5S/c1-19(2)17-22(32-28(38)26-12-11-25(41-26)21-9-5-4-6-10-21)29(39)34-16-13-23-27(34)24(37)18-35(23)30(40)31(33-20(3)36)14-7-8-15-31/h4-6,9-12,19,22-23,27H,7-8,13-18H2,1-3H3,(H,32,38)(H,33,36). The van der Waals surface area contributed by atoms with Crippen LogP contribution in [0.5, 0.6) is 0 Å². The number of nitrogens with one attached hydrogen (secondary N) is 2. The van der Waals surface area contributed by atoms with Gasteiger partial charge in [-0.15, -0.1) is 11.3 Å². The quantitative estimate of drug-likeness (QED) is 0.498. The van der Waals surface area contributed by atoms with Crippen LogP contribution in [0.1, 0.15) is 69.0 Å². The Labute approximate surface area is 244 Å². The zero-order valence-electron chi connectivity index (χ0n) is 23.9. The molecule has 2 saturated heterocycles. The third-order valence-corrected chi connectivity index (χ3v) is 9.58. The van der Waals surface area contributed by atoms with Crippen molar-refractivity contribution in [1.82, 2.24) is 20.4 Å². The van der Waals surface area contributed by atoms with Crippen LogP contribution in [0.2, 0.25) is 0 Å². The lowest BCUT2D eigenvalue weighted by molar-refractivity contribution is -0.142. The second kappa shape index (κ2) is 11.8. The monoisotopic (exact) mass is 578 g/mol. The van der Waals surface area contributed by atoms with E-state index in [1.54, 1.807) is 15.9 Å².